The quantitative estimate of drug-likeness (QED) is 0.131. The molecular formula is C41H36N4O5. The molecule has 50 heavy (non-hydrogen) atoms. The number of ether oxygens (including phenoxy) is 4. The Morgan fingerprint density at radius 2 is 1.36 bits per heavy atom. The molecule has 7 aromatic rings. The molecule has 0 fully saturated rings. The second-order valence-electron chi connectivity index (χ2n) is 11.7. The minimum atomic E-state index is -0.240. The van der Waals surface area contributed by atoms with E-state index in [1.807, 2.05) is 145 Å². The Kier molecular flexibility index (Phi) is 9.20. The summed E-state index contributed by atoms with van der Waals surface area (Å²) in [4.78, 5) is 0. The first-order valence-electron chi connectivity index (χ1n) is 16.1. The molecule has 0 aliphatic rings. The molecule has 0 amide bonds. The van der Waals surface area contributed by atoms with Gasteiger partial charge in [-0.2, -0.15) is 0 Å². The number of aromatic nitrogens is 4. The number of nitrogens with zero attached hydrogens (tertiary/aromatic N) is 4. The predicted octanol–water partition coefficient (Wildman–Crippen LogP) is 8.48. The van der Waals surface area contributed by atoms with Gasteiger partial charge in [-0.1, -0.05) is 84.0 Å². The zero-order valence-electron chi connectivity index (χ0n) is 28.0. The third kappa shape index (κ3) is 6.75. The minimum Gasteiger partial charge on any atom is -0.493 e. The second kappa shape index (κ2) is 14.3. The first-order valence-corrected chi connectivity index (χ1v) is 16.1. The molecule has 7 rings (SSSR count). The van der Waals surface area contributed by atoms with E-state index in [4.69, 9.17) is 18.9 Å². The van der Waals surface area contributed by atoms with Crippen molar-refractivity contribution in [3.8, 4) is 46.1 Å². The van der Waals surface area contributed by atoms with Crippen molar-refractivity contribution < 1.29 is 24.1 Å². The van der Waals surface area contributed by atoms with Gasteiger partial charge in [0.05, 0.1) is 25.5 Å². The van der Waals surface area contributed by atoms with Gasteiger partial charge in [-0.05, 0) is 59.2 Å². The normalized spacial score (nSPS) is 11.3. The lowest BCUT2D eigenvalue weighted by Crippen LogP contribution is -2.04. The van der Waals surface area contributed by atoms with Crippen molar-refractivity contribution in [1.82, 2.24) is 19.3 Å². The number of fused-ring (bicyclic) bond motifs is 1. The Balaban J connectivity index is 1.37. The van der Waals surface area contributed by atoms with Gasteiger partial charge in [-0.15, -0.1) is 5.10 Å². The molecule has 9 nitrogen and oxygen atoms in total. The van der Waals surface area contributed by atoms with E-state index in [0.717, 1.165) is 33.2 Å². The molecule has 250 valence electrons. The monoisotopic (exact) mass is 664 g/mol. The lowest BCUT2D eigenvalue weighted by atomic mass is 10.0. The van der Waals surface area contributed by atoms with Gasteiger partial charge >= 0.3 is 6.01 Å². The lowest BCUT2D eigenvalue weighted by molar-refractivity contribution is 0.290. The van der Waals surface area contributed by atoms with E-state index >= 15 is 0 Å². The Morgan fingerprint density at radius 3 is 2.06 bits per heavy atom. The lowest BCUT2D eigenvalue weighted by Gasteiger charge is -2.17. The molecule has 0 radical (unpaired) electrons. The SMILES string of the molecule is COc1ccc(C=Cc2cc(-c3nnc(O)n3-c3ccc4c(ccn4C)c3)c(OCc3ccccc3)cc2OCc2ccccc2)cc1OC. The fraction of sp³-hybridized carbons (Fsp3) is 0.122. The van der Waals surface area contributed by atoms with Crippen molar-refractivity contribution in [3.63, 3.8) is 0 Å². The first kappa shape index (κ1) is 32.1. The van der Waals surface area contributed by atoms with Crippen LogP contribution in [0.1, 0.15) is 22.3 Å². The van der Waals surface area contributed by atoms with Gasteiger partial charge in [0, 0.05) is 35.8 Å². The average Bonchev–Trinajstić information content (AvgIpc) is 3.74. The summed E-state index contributed by atoms with van der Waals surface area (Å²) in [5, 5.41) is 20.7. The van der Waals surface area contributed by atoms with Gasteiger partial charge in [0.1, 0.15) is 24.7 Å². The Hall–Kier alpha value is -6.48. The van der Waals surface area contributed by atoms with E-state index in [1.165, 1.54) is 0 Å². The first-order chi connectivity index (χ1) is 24.5. The molecule has 1 N–H and O–H groups in total. The van der Waals surface area contributed by atoms with Gasteiger partial charge in [0.2, 0.25) is 0 Å². The second-order valence-corrected chi connectivity index (χ2v) is 11.7. The van der Waals surface area contributed by atoms with E-state index in [9.17, 15) is 5.11 Å². The summed E-state index contributed by atoms with van der Waals surface area (Å²) >= 11 is 0. The average molecular weight is 665 g/mol. The van der Waals surface area contributed by atoms with Crippen molar-refractivity contribution in [2.75, 3.05) is 14.2 Å². The van der Waals surface area contributed by atoms with Crippen LogP contribution < -0.4 is 18.9 Å². The van der Waals surface area contributed by atoms with Gasteiger partial charge in [0.25, 0.3) is 0 Å². The van der Waals surface area contributed by atoms with Crippen molar-refractivity contribution in [2.45, 2.75) is 13.2 Å². The van der Waals surface area contributed by atoms with Crippen molar-refractivity contribution in [3.05, 3.63) is 144 Å². The number of aromatic hydroxyl groups is 1. The van der Waals surface area contributed by atoms with E-state index in [1.54, 1.807) is 18.8 Å². The van der Waals surface area contributed by atoms with Gasteiger partial charge < -0.3 is 28.6 Å². The summed E-state index contributed by atoms with van der Waals surface area (Å²) in [6, 6.07) is 37.3. The molecule has 0 bridgehead atoms. The molecule has 0 unspecified atom stereocenters. The highest BCUT2D eigenvalue weighted by Crippen LogP contribution is 2.40. The maximum Gasteiger partial charge on any atom is 0.319 e. The number of benzene rings is 5. The molecule has 2 aromatic heterocycles. The van der Waals surface area contributed by atoms with E-state index in [0.29, 0.717) is 53.3 Å². The number of rotatable bonds is 12. The predicted molar refractivity (Wildman–Crippen MR) is 195 cm³/mol. The topological polar surface area (TPSA) is 92.8 Å². The van der Waals surface area contributed by atoms with Crippen LogP contribution in [0, 0.1) is 0 Å². The number of methoxy groups -OCH3 is 2. The van der Waals surface area contributed by atoms with Crippen LogP contribution in [0.4, 0.5) is 0 Å². The minimum absolute atomic E-state index is 0.240. The van der Waals surface area contributed by atoms with Crippen LogP contribution in [0.25, 0.3) is 40.1 Å². The maximum absolute atomic E-state index is 11.1. The van der Waals surface area contributed by atoms with Crippen LogP contribution in [0.15, 0.2) is 121 Å². The highest BCUT2D eigenvalue weighted by atomic mass is 16.5. The Bertz CT molecular complexity index is 2280. The summed E-state index contributed by atoms with van der Waals surface area (Å²) in [6.07, 6.45) is 5.96. The van der Waals surface area contributed by atoms with Crippen LogP contribution in [-0.2, 0) is 20.3 Å². The van der Waals surface area contributed by atoms with Gasteiger partial charge in [0.15, 0.2) is 17.3 Å². The van der Waals surface area contributed by atoms with Crippen molar-refractivity contribution in [1.29, 1.82) is 0 Å². The summed E-state index contributed by atoms with van der Waals surface area (Å²) < 4.78 is 27.6. The molecule has 0 aliphatic carbocycles. The number of hydrogen-bond acceptors (Lipinski definition) is 7. The molecule has 0 spiro atoms. The summed E-state index contributed by atoms with van der Waals surface area (Å²) in [7, 11) is 5.22. The van der Waals surface area contributed by atoms with Crippen molar-refractivity contribution >= 4 is 23.1 Å². The third-order valence-corrected chi connectivity index (χ3v) is 8.46. The number of hydrogen-bond donors (Lipinski definition) is 1. The Morgan fingerprint density at radius 1 is 0.660 bits per heavy atom. The molecule has 5 aromatic carbocycles. The molecule has 0 saturated heterocycles. The molecule has 0 aliphatic heterocycles. The summed E-state index contributed by atoms with van der Waals surface area (Å²) in [6.45, 7) is 0.659. The van der Waals surface area contributed by atoms with Gasteiger partial charge in [-0.25, -0.2) is 4.57 Å². The highest BCUT2D eigenvalue weighted by Gasteiger charge is 2.22. The van der Waals surface area contributed by atoms with E-state index in [2.05, 4.69) is 10.2 Å². The zero-order chi connectivity index (χ0) is 34.5. The van der Waals surface area contributed by atoms with Crippen molar-refractivity contribution in [2.24, 2.45) is 7.05 Å². The number of aryl methyl sites for hydroxylation is 1. The fourth-order valence-electron chi connectivity index (χ4n) is 5.84. The van der Waals surface area contributed by atoms with E-state index < -0.39 is 0 Å². The highest BCUT2D eigenvalue weighted by molar-refractivity contribution is 5.83. The molecule has 2 heterocycles. The summed E-state index contributed by atoms with van der Waals surface area (Å²) in [5.41, 5.74) is 6.10. The summed E-state index contributed by atoms with van der Waals surface area (Å²) in [5.74, 6) is 2.82. The smallest absolute Gasteiger partial charge is 0.319 e. The van der Waals surface area contributed by atoms with Gasteiger partial charge in [-0.3, -0.25) is 0 Å². The van der Waals surface area contributed by atoms with Crippen LogP contribution in [-0.4, -0.2) is 38.7 Å². The van der Waals surface area contributed by atoms with Crippen LogP contribution in [0.2, 0.25) is 0 Å². The Labute approximate surface area is 290 Å². The zero-order valence-corrected chi connectivity index (χ0v) is 28.0. The van der Waals surface area contributed by atoms with Crippen LogP contribution >= 0.6 is 0 Å². The third-order valence-electron chi connectivity index (χ3n) is 8.46. The maximum atomic E-state index is 11.1. The standard InChI is InChI=1S/C41H36N4O5/c1-44-21-20-31-23-33(17-18-35(31)44)45-40(42-43-41(45)46)34-24-32(16-14-28-15-19-36(47-2)39(22-28)48-3)37(49-26-29-10-6-4-7-11-29)25-38(34)50-27-30-12-8-5-9-13-30/h4-25H,26-27H2,1-3H3,(H,43,46). The fourth-order valence-corrected chi connectivity index (χ4v) is 5.84. The molecule has 9 heteroatoms. The molecular weight excluding hydrogens is 628 g/mol. The van der Waals surface area contributed by atoms with Crippen LogP contribution in [0.5, 0.6) is 29.0 Å². The molecule has 0 saturated carbocycles. The molecule has 0 atom stereocenters. The largest absolute Gasteiger partial charge is 0.493 e. The van der Waals surface area contributed by atoms with E-state index in [-0.39, 0.29) is 6.01 Å². The van der Waals surface area contributed by atoms with Crippen LogP contribution in [0.3, 0.4) is 0 Å².